The SMILES string of the molecule is Cc1ccc(C(C)NC(=O)CCc2ccc(Cl)cc2Cl)c(C)c1. The summed E-state index contributed by atoms with van der Waals surface area (Å²) in [6, 6.07) is 11.6. The number of carbonyl (C=O) groups is 1. The quantitative estimate of drug-likeness (QED) is 0.766. The second-order valence-corrected chi connectivity index (χ2v) is 6.73. The van der Waals surface area contributed by atoms with E-state index in [2.05, 4.69) is 37.4 Å². The van der Waals surface area contributed by atoms with Crippen LogP contribution >= 0.6 is 23.2 Å². The Hall–Kier alpha value is -1.51. The third-order valence-corrected chi connectivity index (χ3v) is 4.49. The monoisotopic (exact) mass is 349 g/mol. The van der Waals surface area contributed by atoms with Crippen LogP contribution < -0.4 is 5.32 Å². The topological polar surface area (TPSA) is 29.1 Å². The third kappa shape index (κ3) is 4.98. The molecule has 0 fully saturated rings. The van der Waals surface area contributed by atoms with Crippen LogP contribution in [0.15, 0.2) is 36.4 Å². The summed E-state index contributed by atoms with van der Waals surface area (Å²) in [5, 5.41) is 4.26. The van der Waals surface area contributed by atoms with Gasteiger partial charge in [0.1, 0.15) is 0 Å². The Balaban J connectivity index is 1.93. The molecular weight excluding hydrogens is 329 g/mol. The van der Waals surface area contributed by atoms with Crippen molar-refractivity contribution in [3.05, 3.63) is 68.7 Å². The van der Waals surface area contributed by atoms with Crippen LogP contribution in [0.2, 0.25) is 10.0 Å². The van der Waals surface area contributed by atoms with Crippen molar-refractivity contribution < 1.29 is 4.79 Å². The number of benzene rings is 2. The van der Waals surface area contributed by atoms with Crippen LogP contribution in [0, 0.1) is 13.8 Å². The molecule has 0 saturated carbocycles. The second-order valence-electron chi connectivity index (χ2n) is 5.88. The fraction of sp³-hybridized carbons (Fsp3) is 0.316. The van der Waals surface area contributed by atoms with Gasteiger partial charge in [-0.25, -0.2) is 0 Å². The van der Waals surface area contributed by atoms with Crippen LogP contribution in [0.3, 0.4) is 0 Å². The van der Waals surface area contributed by atoms with Crippen molar-refractivity contribution in [3.63, 3.8) is 0 Å². The lowest BCUT2D eigenvalue weighted by Crippen LogP contribution is -2.27. The van der Waals surface area contributed by atoms with Gasteiger partial charge in [0.25, 0.3) is 0 Å². The highest BCUT2D eigenvalue weighted by atomic mass is 35.5. The van der Waals surface area contributed by atoms with Crippen LogP contribution in [-0.4, -0.2) is 5.91 Å². The van der Waals surface area contributed by atoms with E-state index < -0.39 is 0 Å². The molecule has 0 spiro atoms. The maximum absolute atomic E-state index is 12.2. The summed E-state index contributed by atoms with van der Waals surface area (Å²) in [6.07, 6.45) is 0.998. The van der Waals surface area contributed by atoms with Crippen molar-refractivity contribution in [2.75, 3.05) is 0 Å². The van der Waals surface area contributed by atoms with Crippen LogP contribution in [0.25, 0.3) is 0 Å². The van der Waals surface area contributed by atoms with Gasteiger partial charge in [-0.1, -0.05) is 53.0 Å². The average molecular weight is 350 g/mol. The molecule has 2 aromatic rings. The van der Waals surface area contributed by atoms with E-state index in [9.17, 15) is 4.79 Å². The Bertz CT molecular complexity index is 713. The summed E-state index contributed by atoms with van der Waals surface area (Å²) >= 11 is 12.0. The van der Waals surface area contributed by atoms with Crippen LogP contribution in [-0.2, 0) is 11.2 Å². The molecule has 0 saturated heterocycles. The average Bonchev–Trinajstić information content (AvgIpc) is 2.46. The zero-order chi connectivity index (χ0) is 17.0. The van der Waals surface area contributed by atoms with Gasteiger partial charge in [-0.15, -0.1) is 0 Å². The van der Waals surface area contributed by atoms with E-state index in [1.807, 2.05) is 13.0 Å². The molecular formula is C19H21Cl2NO. The minimum atomic E-state index is -0.0104. The Kier molecular flexibility index (Phi) is 6.09. The van der Waals surface area contributed by atoms with Gasteiger partial charge >= 0.3 is 0 Å². The van der Waals surface area contributed by atoms with E-state index in [4.69, 9.17) is 23.2 Å². The maximum atomic E-state index is 12.2. The highest BCUT2D eigenvalue weighted by molar-refractivity contribution is 6.35. The Morgan fingerprint density at radius 2 is 1.87 bits per heavy atom. The number of rotatable bonds is 5. The fourth-order valence-electron chi connectivity index (χ4n) is 2.68. The van der Waals surface area contributed by atoms with Gasteiger partial charge in [0.05, 0.1) is 6.04 Å². The molecule has 0 aliphatic rings. The number of carbonyl (C=O) groups excluding carboxylic acids is 1. The molecule has 2 rings (SSSR count). The number of amides is 1. The number of hydrogen-bond donors (Lipinski definition) is 1. The van der Waals surface area contributed by atoms with Gasteiger partial charge in [0, 0.05) is 16.5 Å². The number of halogens is 2. The summed E-state index contributed by atoms with van der Waals surface area (Å²) in [7, 11) is 0. The number of aryl methyl sites for hydroxylation is 3. The lowest BCUT2D eigenvalue weighted by Gasteiger charge is -2.17. The van der Waals surface area contributed by atoms with Crippen molar-refractivity contribution in [1.82, 2.24) is 5.32 Å². The van der Waals surface area contributed by atoms with E-state index in [1.165, 1.54) is 11.1 Å². The summed E-state index contributed by atoms with van der Waals surface area (Å²) < 4.78 is 0. The van der Waals surface area contributed by atoms with Crippen molar-refractivity contribution >= 4 is 29.1 Å². The first-order valence-electron chi connectivity index (χ1n) is 7.67. The molecule has 0 bridgehead atoms. The smallest absolute Gasteiger partial charge is 0.220 e. The zero-order valence-electron chi connectivity index (χ0n) is 13.6. The molecule has 122 valence electrons. The molecule has 0 aliphatic heterocycles. The normalized spacial score (nSPS) is 12.0. The lowest BCUT2D eigenvalue weighted by molar-refractivity contribution is -0.121. The second kappa shape index (κ2) is 7.85. The standard InChI is InChI=1S/C19H21Cl2NO/c1-12-4-8-17(13(2)10-12)14(3)22-19(23)9-6-15-5-7-16(20)11-18(15)21/h4-5,7-8,10-11,14H,6,9H2,1-3H3,(H,22,23). The Morgan fingerprint density at radius 3 is 2.52 bits per heavy atom. The summed E-state index contributed by atoms with van der Waals surface area (Å²) in [4.78, 5) is 12.2. The van der Waals surface area contributed by atoms with Crippen molar-refractivity contribution in [3.8, 4) is 0 Å². The minimum Gasteiger partial charge on any atom is -0.350 e. The zero-order valence-corrected chi connectivity index (χ0v) is 15.1. The van der Waals surface area contributed by atoms with Gasteiger partial charge in [-0.3, -0.25) is 4.79 Å². The van der Waals surface area contributed by atoms with E-state index in [1.54, 1.807) is 12.1 Å². The number of hydrogen-bond acceptors (Lipinski definition) is 1. The highest BCUT2D eigenvalue weighted by Crippen LogP contribution is 2.22. The molecule has 1 unspecified atom stereocenters. The predicted octanol–water partition coefficient (Wildman–Crippen LogP) is 5.42. The predicted molar refractivity (Wildman–Crippen MR) is 97.3 cm³/mol. The van der Waals surface area contributed by atoms with Crippen molar-refractivity contribution in [2.45, 2.75) is 39.7 Å². The molecule has 4 heteroatoms. The van der Waals surface area contributed by atoms with Crippen molar-refractivity contribution in [2.24, 2.45) is 0 Å². The summed E-state index contributed by atoms with van der Waals surface area (Å²) in [6.45, 7) is 6.14. The first-order valence-corrected chi connectivity index (χ1v) is 8.43. The third-order valence-electron chi connectivity index (χ3n) is 3.91. The van der Waals surface area contributed by atoms with Crippen LogP contribution in [0.5, 0.6) is 0 Å². The van der Waals surface area contributed by atoms with Gasteiger partial charge in [-0.2, -0.15) is 0 Å². The molecule has 1 atom stereocenters. The molecule has 0 radical (unpaired) electrons. The van der Waals surface area contributed by atoms with Gasteiger partial charge in [-0.05, 0) is 56.0 Å². The van der Waals surface area contributed by atoms with E-state index in [-0.39, 0.29) is 11.9 Å². The van der Waals surface area contributed by atoms with E-state index >= 15 is 0 Å². The molecule has 1 N–H and O–H groups in total. The maximum Gasteiger partial charge on any atom is 0.220 e. The van der Waals surface area contributed by atoms with Crippen molar-refractivity contribution in [1.29, 1.82) is 0 Å². The highest BCUT2D eigenvalue weighted by Gasteiger charge is 2.12. The molecule has 0 aromatic heterocycles. The minimum absolute atomic E-state index is 0.0104. The summed E-state index contributed by atoms with van der Waals surface area (Å²) in [5.41, 5.74) is 4.50. The number of nitrogens with one attached hydrogen (secondary N) is 1. The first-order chi connectivity index (χ1) is 10.9. The Morgan fingerprint density at radius 1 is 1.13 bits per heavy atom. The molecule has 23 heavy (non-hydrogen) atoms. The van der Waals surface area contributed by atoms with Crippen LogP contribution in [0.4, 0.5) is 0 Å². The van der Waals surface area contributed by atoms with Gasteiger partial charge < -0.3 is 5.32 Å². The van der Waals surface area contributed by atoms with E-state index in [0.29, 0.717) is 22.9 Å². The summed E-state index contributed by atoms with van der Waals surface area (Å²) in [5.74, 6) is 0.0171. The molecule has 0 heterocycles. The Labute approximate surface area is 147 Å². The van der Waals surface area contributed by atoms with Crippen LogP contribution in [0.1, 0.15) is 41.6 Å². The van der Waals surface area contributed by atoms with E-state index in [0.717, 1.165) is 11.1 Å². The fourth-order valence-corrected chi connectivity index (χ4v) is 3.18. The molecule has 2 aromatic carbocycles. The van der Waals surface area contributed by atoms with Gasteiger partial charge in [0.2, 0.25) is 5.91 Å². The largest absolute Gasteiger partial charge is 0.350 e. The lowest BCUT2D eigenvalue weighted by atomic mass is 10.00. The molecule has 2 nitrogen and oxygen atoms in total. The van der Waals surface area contributed by atoms with Gasteiger partial charge in [0.15, 0.2) is 0 Å². The first kappa shape index (κ1) is 17.8. The molecule has 1 amide bonds. The molecule has 0 aliphatic carbocycles.